The van der Waals surface area contributed by atoms with Gasteiger partial charge < -0.3 is 9.47 Å². The SMILES string of the molecule is COc1ccc(NC(=O)OC(C)(C)C)c(COS(N)(=O)=O)c1. The summed E-state index contributed by atoms with van der Waals surface area (Å²) in [6, 6.07) is 4.68. The summed E-state index contributed by atoms with van der Waals surface area (Å²) in [5.74, 6) is 0.475. The van der Waals surface area contributed by atoms with Crippen LogP contribution < -0.4 is 15.2 Å². The predicted octanol–water partition coefficient (Wildman–Crippen LogP) is 1.76. The van der Waals surface area contributed by atoms with Gasteiger partial charge in [-0.3, -0.25) is 9.50 Å². The third kappa shape index (κ3) is 6.74. The lowest BCUT2D eigenvalue weighted by Gasteiger charge is -2.20. The Balaban J connectivity index is 2.95. The molecular weight excluding hydrogens is 312 g/mol. The molecule has 1 rings (SSSR count). The number of methoxy groups -OCH3 is 1. The number of rotatable bonds is 5. The third-order valence-corrected chi connectivity index (χ3v) is 2.77. The van der Waals surface area contributed by atoms with Gasteiger partial charge in [0.2, 0.25) is 0 Å². The van der Waals surface area contributed by atoms with Crippen LogP contribution >= 0.6 is 0 Å². The van der Waals surface area contributed by atoms with E-state index >= 15 is 0 Å². The number of benzene rings is 1. The quantitative estimate of drug-likeness (QED) is 0.848. The molecule has 0 heterocycles. The Labute approximate surface area is 129 Å². The Morgan fingerprint density at radius 2 is 1.95 bits per heavy atom. The van der Waals surface area contributed by atoms with Crippen LogP contribution in [-0.2, 0) is 25.8 Å². The lowest BCUT2D eigenvalue weighted by molar-refractivity contribution is 0.0635. The summed E-state index contributed by atoms with van der Waals surface area (Å²) in [6.45, 7) is 4.84. The summed E-state index contributed by atoms with van der Waals surface area (Å²) in [6.07, 6.45) is -0.672. The highest BCUT2D eigenvalue weighted by molar-refractivity contribution is 7.84. The summed E-state index contributed by atoms with van der Waals surface area (Å²) >= 11 is 0. The fraction of sp³-hybridized carbons (Fsp3) is 0.462. The molecule has 0 saturated carbocycles. The fourth-order valence-corrected chi connectivity index (χ4v) is 1.79. The molecule has 1 amide bonds. The monoisotopic (exact) mass is 332 g/mol. The summed E-state index contributed by atoms with van der Waals surface area (Å²) in [7, 11) is -2.64. The van der Waals surface area contributed by atoms with Crippen molar-refractivity contribution in [2.24, 2.45) is 5.14 Å². The standard InChI is InChI=1S/C13H20N2O6S/c1-13(2,3)21-12(16)15-11-6-5-10(19-4)7-9(11)8-20-22(14,17)18/h5-7H,8H2,1-4H3,(H,15,16)(H2,14,17,18). The number of ether oxygens (including phenoxy) is 2. The van der Waals surface area contributed by atoms with Crippen molar-refractivity contribution in [1.82, 2.24) is 0 Å². The summed E-state index contributed by atoms with van der Waals surface area (Å²) < 4.78 is 36.5. The lowest BCUT2D eigenvalue weighted by atomic mass is 10.1. The van der Waals surface area contributed by atoms with Gasteiger partial charge in [-0.15, -0.1) is 0 Å². The zero-order chi connectivity index (χ0) is 17.0. The van der Waals surface area contributed by atoms with E-state index in [1.54, 1.807) is 32.9 Å². The van der Waals surface area contributed by atoms with Gasteiger partial charge in [-0.05, 0) is 39.0 Å². The first-order valence-corrected chi connectivity index (χ1v) is 7.81. The molecule has 3 N–H and O–H groups in total. The number of hydrogen-bond acceptors (Lipinski definition) is 6. The topological polar surface area (TPSA) is 117 Å². The Morgan fingerprint density at radius 3 is 2.45 bits per heavy atom. The van der Waals surface area contributed by atoms with Crippen LogP contribution in [0.15, 0.2) is 18.2 Å². The molecule has 0 saturated heterocycles. The average molecular weight is 332 g/mol. The molecular formula is C13H20N2O6S. The summed E-state index contributed by atoms with van der Waals surface area (Å²) in [5.41, 5.74) is 0.0475. The first-order chi connectivity index (χ1) is 10.00. The molecule has 0 fully saturated rings. The van der Waals surface area contributed by atoms with Gasteiger partial charge in [0, 0.05) is 11.3 Å². The van der Waals surface area contributed by atoms with Crippen molar-refractivity contribution in [3.05, 3.63) is 23.8 Å². The molecule has 8 nitrogen and oxygen atoms in total. The minimum atomic E-state index is -4.10. The van der Waals surface area contributed by atoms with E-state index in [-0.39, 0.29) is 6.61 Å². The highest BCUT2D eigenvalue weighted by atomic mass is 32.2. The molecule has 0 aliphatic rings. The Morgan fingerprint density at radius 1 is 1.32 bits per heavy atom. The maximum Gasteiger partial charge on any atom is 0.412 e. The molecule has 0 radical (unpaired) electrons. The molecule has 0 bridgehead atoms. The largest absolute Gasteiger partial charge is 0.497 e. The number of carbonyl (C=O) groups is 1. The van der Waals surface area contributed by atoms with Crippen molar-refractivity contribution in [1.29, 1.82) is 0 Å². The predicted molar refractivity (Wildman–Crippen MR) is 80.7 cm³/mol. The van der Waals surface area contributed by atoms with E-state index < -0.39 is 22.0 Å². The molecule has 22 heavy (non-hydrogen) atoms. The van der Waals surface area contributed by atoms with E-state index in [9.17, 15) is 13.2 Å². The van der Waals surface area contributed by atoms with Gasteiger partial charge in [-0.2, -0.15) is 8.42 Å². The molecule has 0 unspecified atom stereocenters. The summed E-state index contributed by atoms with van der Waals surface area (Å²) in [4.78, 5) is 11.8. The highest BCUT2D eigenvalue weighted by Crippen LogP contribution is 2.24. The molecule has 0 aliphatic carbocycles. The minimum Gasteiger partial charge on any atom is -0.497 e. The van der Waals surface area contributed by atoms with Gasteiger partial charge >= 0.3 is 16.4 Å². The van der Waals surface area contributed by atoms with E-state index in [0.717, 1.165) is 0 Å². The normalized spacial score (nSPS) is 11.9. The fourth-order valence-electron chi connectivity index (χ4n) is 1.50. The number of anilines is 1. The van der Waals surface area contributed by atoms with E-state index in [2.05, 4.69) is 9.50 Å². The third-order valence-electron chi connectivity index (χ3n) is 2.33. The Bertz CT molecular complexity index is 636. The van der Waals surface area contributed by atoms with Crippen LogP contribution in [0.25, 0.3) is 0 Å². The molecule has 0 aromatic heterocycles. The Hall–Kier alpha value is -1.84. The zero-order valence-electron chi connectivity index (χ0n) is 12.9. The van der Waals surface area contributed by atoms with Crippen LogP contribution in [0.2, 0.25) is 0 Å². The van der Waals surface area contributed by atoms with Gasteiger partial charge in [-0.1, -0.05) is 0 Å². The van der Waals surface area contributed by atoms with Crippen molar-refractivity contribution < 1.29 is 26.9 Å². The van der Waals surface area contributed by atoms with E-state index in [4.69, 9.17) is 14.6 Å². The van der Waals surface area contributed by atoms with Crippen LogP contribution in [0.5, 0.6) is 5.75 Å². The average Bonchev–Trinajstić information content (AvgIpc) is 2.34. The van der Waals surface area contributed by atoms with Crippen molar-refractivity contribution in [3.8, 4) is 5.75 Å². The maximum absolute atomic E-state index is 11.8. The minimum absolute atomic E-state index is 0.332. The second kappa shape index (κ2) is 6.95. The Kier molecular flexibility index (Phi) is 5.75. The molecule has 1 aromatic rings. The number of carbonyl (C=O) groups excluding carboxylic acids is 1. The maximum atomic E-state index is 11.8. The number of nitrogens with one attached hydrogen (secondary N) is 1. The number of nitrogens with two attached hydrogens (primary N) is 1. The van der Waals surface area contributed by atoms with Crippen molar-refractivity contribution in [3.63, 3.8) is 0 Å². The second-order valence-electron chi connectivity index (χ2n) is 5.40. The van der Waals surface area contributed by atoms with Crippen molar-refractivity contribution in [2.75, 3.05) is 12.4 Å². The van der Waals surface area contributed by atoms with Gasteiger partial charge in [0.1, 0.15) is 11.4 Å². The van der Waals surface area contributed by atoms with E-state index in [1.165, 1.54) is 13.2 Å². The van der Waals surface area contributed by atoms with Crippen LogP contribution in [0.3, 0.4) is 0 Å². The van der Waals surface area contributed by atoms with E-state index in [1.807, 2.05) is 0 Å². The van der Waals surface area contributed by atoms with Crippen LogP contribution in [0, 0.1) is 0 Å². The van der Waals surface area contributed by atoms with Gasteiger partial charge in [-0.25, -0.2) is 9.93 Å². The van der Waals surface area contributed by atoms with Crippen LogP contribution in [0.4, 0.5) is 10.5 Å². The molecule has 0 aliphatic heterocycles. The number of amides is 1. The van der Waals surface area contributed by atoms with Crippen LogP contribution in [-0.4, -0.2) is 27.2 Å². The van der Waals surface area contributed by atoms with Crippen LogP contribution in [0.1, 0.15) is 26.3 Å². The first-order valence-electron chi connectivity index (χ1n) is 6.34. The summed E-state index contributed by atoms with van der Waals surface area (Å²) in [5, 5.41) is 7.32. The zero-order valence-corrected chi connectivity index (χ0v) is 13.7. The molecule has 124 valence electrons. The molecule has 0 atom stereocenters. The lowest BCUT2D eigenvalue weighted by Crippen LogP contribution is -2.27. The number of hydrogen-bond donors (Lipinski definition) is 2. The van der Waals surface area contributed by atoms with Crippen molar-refractivity contribution >= 4 is 22.1 Å². The molecule has 0 spiro atoms. The first kappa shape index (κ1) is 18.2. The van der Waals surface area contributed by atoms with Gasteiger partial charge in [0.25, 0.3) is 0 Å². The highest BCUT2D eigenvalue weighted by Gasteiger charge is 2.18. The smallest absolute Gasteiger partial charge is 0.412 e. The van der Waals surface area contributed by atoms with Gasteiger partial charge in [0.15, 0.2) is 0 Å². The second-order valence-corrected chi connectivity index (χ2v) is 6.63. The molecule has 1 aromatic carbocycles. The van der Waals surface area contributed by atoms with E-state index in [0.29, 0.717) is 17.0 Å². The molecule has 9 heteroatoms. The van der Waals surface area contributed by atoms with Gasteiger partial charge in [0.05, 0.1) is 13.7 Å². The van der Waals surface area contributed by atoms with Crippen molar-refractivity contribution in [2.45, 2.75) is 33.0 Å².